The summed E-state index contributed by atoms with van der Waals surface area (Å²) >= 11 is 6.62. The molecule has 1 N–H and O–H groups in total. The number of esters is 1. The predicted molar refractivity (Wildman–Crippen MR) is 163 cm³/mol. The molecule has 46 heavy (non-hydrogen) atoms. The fraction of sp³-hybridized carbons (Fsp3) is 0.200. The van der Waals surface area contributed by atoms with Gasteiger partial charge in [-0.25, -0.2) is 4.79 Å². The fourth-order valence-electron chi connectivity index (χ4n) is 4.00. The second-order valence-electron chi connectivity index (χ2n) is 9.58. The molecule has 3 aromatic rings. The molecule has 1 saturated heterocycles. The first kappa shape index (κ1) is 34.0. The first-order valence-electron chi connectivity index (χ1n) is 13.4. The summed E-state index contributed by atoms with van der Waals surface area (Å²) in [7, 11) is 0. The molecule has 0 aliphatic carbocycles. The van der Waals surface area contributed by atoms with E-state index < -0.39 is 57.7 Å². The second-order valence-corrected chi connectivity index (χ2v) is 11.0. The Morgan fingerprint density at radius 3 is 2.52 bits per heavy atom. The van der Waals surface area contributed by atoms with E-state index >= 15 is 0 Å². The van der Waals surface area contributed by atoms with Crippen LogP contribution in [-0.4, -0.2) is 46.0 Å². The molecule has 1 aliphatic rings. The van der Waals surface area contributed by atoms with Crippen molar-refractivity contribution < 1.29 is 46.7 Å². The molecule has 3 amide bonds. The summed E-state index contributed by atoms with van der Waals surface area (Å²) in [5.74, 6) is -2.79. The van der Waals surface area contributed by atoms with Crippen molar-refractivity contribution in [1.82, 2.24) is 4.90 Å². The third kappa shape index (κ3) is 8.22. The number of para-hydroxylation sites is 1. The number of nitro groups is 1. The molecular formula is C30H23ClF3N3O8S. The number of carbonyl (C=O) groups excluding carboxylic acids is 4. The number of halogens is 4. The number of anilines is 1. The van der Waals surface area contributed by atoms with Gasteiger partial charge < -0.3 is 14.8 Å². The Labute approximate surface area is 268 Å². The Morgan fingerprint density at radius 2 is 1.83 bits per heavy atom. The van der Waals surface area contributed by atoms with Crippen molar-refractivity contribution in [2.75, 3.05) is 18.5 Å². The minimum Gasteiger partial charge on any atom is -0.462 e. The van der Waals surface area contributed by atoms with Crippen LogP contribution in [0.25, 0.3) is 6.08 Å². The molecular weight excluding hydrogens is 655 g/mol. The van der Waals surface area contributed by atoms with E-state index in [4.69, 9.17) is 21.1 Å². The molecule has 11 nitrogen and oxygen atoms in total. The van der Waals surface area contributed by atoms with Crippen LogP contribution in [0.15, 0.2) is 65.6 Å². The van der Waals surface area contributed by atoms with E-state index in [1.54, 1.807) is 0 Å². The normalized spacial score (nSPS) is 14.0. The van der Waals surface area contributed by atoms with E-state index in [1.165, 1.54) is 48.5 Å². The smallest absolute Gasteiger partial charge is 0.416 e. The van der Waals surface area contributed by atoms with Crippen LogP contribution >= 0.6 is 23.4 Å². The topological polar surface area (TPSA) is 145 Å². The molecule has 0 unspecified atom stereocenters. The first-order chi connectivity index (χ1) is 21.8. The maximum Gasteiger partial charge on any atom is 0.416 e. The van der Waals surface area contributed by atoms with E-state index in [0.29, 0.717) is 35.2 Å². The van der Waals surface area contributed by atoms with Crippen LogP contribution in [0.1, 0.15) is 41.3 Å². The highest BCUT2D eigenvalue weighted by molar-refractivity contribution is 8.18. The number of unbranched alkanes of at least 4 members (excludes halogenated alkanes) is 1. The van der Waals surface area contributed by atoms with Gasteiger partial charge in [0.05, 0.1) is 32.6 Å². The standard InChI is InChI=1S/C30H23ClF3N3O8S/c1-2-3-12-44-28(40)20-15-19(9-10-21(20)31)35-26(38)16-36-27(39)25(46-29(36)41)13-17-6-4-5-7-23(17)45-24-11-8-18(30(32,33)34)14-22(24)37(42)43/h4-11,13-15H,2-3,12,16H2,1H3,(H,35,38)/b25-13+. The number of nitrogens with one attached hydrogen (secondary N) is 1. The number of hydrogen-bond donors (Lipinski definition) is 1. The van der Waals surface area contributed by atoms with Crippen LogP contribution in [-0.2, 0) is 20.5 Å². The largest absolute Gasteiger partial charge is 0.462 e. The molecule has 1 fully saturated rings. The highest BCUT2D eigenvalue weighted by Crippen LogP contribution is 2.40. The van der Waals surface area contributed by atoms with Gasteiger partial charge in [-0.15, -0.1) is 0 Å². The van der Waals surface area contributed by atoms with Crippen LogP contribution in [0.5, 0.6) is 11.5 Å². The number of rotatable bonds is 11. The van der Waals surface area contributed by atoms with Crippen molar-refractivity contribution in [3.05, 3.63) is 97.4 Å². The van der Waals surface area contributed by atoms with Crippen LogP contribution in [0.3, 0.4) is 0 Å². The number of carbonyl (C=O) groups is 4. The monoisotopic (exact) mass is 677 g/mol. The Balaban J connectivity index is 1.49. The summed E-state index contributed by atoms with van der Waals surface area (Å²) in [5.41, 5.74) is -1.81. The number of nitro benzene ring substituents is 1. The number of thioether (sulfide) groups is 1. The first-order valence-corrected chi connectivity index (χ1v) is 14.6. The van der Waals surface area contributed by atoms with E-state index in [1.807, 2.05) is 6.92 Å². The lowest BCUT2D eigenvalue weighted by Crippen LogP contribution is -2.36. The highest BCUT2D eigenvalue weighted by atomic mass is 35.5. The summed E-state index contributed by atoms with van der Waals surface area (Å²) in [4.78, 5) is 61.9. The molecule has 1 heterocycles. The van der Waals surface area contributed by atoms with Gasteiger partial charge >= 0.3 is 17.8 Å². The maximum absolute atomic E-state index is 13.1. The number of amides is 3. The van der Waals surface area contributed by atoms with Crippen molar-refractivity contribution >= 4 is 63.8 Å². The molecule has 0 radical (unpaired) electrons. The van der Waals surface area contributed by atoms with E-state index in [9.17, 15) is 42.5 Å². The lowest BCUT2D eigenvalue weighted by molar-refractivity contribution is -0.385. The molecule has 4 rings (SSSR count). The van der Waals surface area contributed by atoms with Gasteiger partial charge in [0.2, 0.25) is 11.7 Å². The molecule has 0 atom stereocenters. The third-order valence-electron chi connectivity index (χ3n) is 6.28. The van der Waals surface area contributed by atoms with Crippen LogP contribution in [0.4, 0.5) is 29.3 Å². The number of ether oxygens (including phenoxy) is 2. The Morgan fingerprint density at radius 1 is 1.09 bits per heavy atom. The molecule has 0 saturated carbocycles. The molecule has 3 aromatic carbocycles. The van der Waals surface area contributed by atoms with Gasteiger partial charge in [0.1, 0.15) is 12.3 Å². The predicted octanol–water partition coefficient (Wildman–Crippen LogP) is 7.69. The van der Waals surface area contributed by atoms with Crippen molar-refractivity contribution in [1.29, 1.82) is 0 Å². The lowest BCUT2D eigenvalue weighted by Gasteiger charge is -2.13. The zero-order valence-corrected chi connectivity index (χ0v) is 25.3. The van der Waals surface area contributed by atoms with Crippen LogP contribution in [0, 0.1) is 10.1 Å². The molecule has 0 aromatic heterocycles. The summed E-state index contributed by atoms with van der Waals surface area (Å²) in [6.07, 6.45) is -2.09. The maximum atomic E-state index is 13.1. The SMILES string of the molecule is CCCCOC(=O)c1cc(NC(=O)CN2C(=O)S/C(=C/c3ccccc3Oc3ccc(C(F)(F)F)cc3[N+](=O)[O-])C2=O)ccc1Cl. The van der Waals surface area contributed by atoms with Gasteiger partial charge in [-0.1, -0.05) is 43.1 Å². The summed E-state index contributed by atoms with van der Waals surface area (Å²) in [5, 5.41) is 13.3. The van der Waals surface area contributed by atoms with Crippen LogP contribution in [0.2, 0.25) is 5.02 Å². The zero-order valence-electron chi connectivity index (χ0n) is 23.8. The summed E-state index contributed by atoms with van der Waals surface area (Å²) in [6.45, 7) is 1.46. The molecule has 240 valence electrons. The summed E-state index contributed by atoms with van der Waals surface area (Å²) in [6, 6.07) is 11.8. The van der Waals surface area contributed by atoms with Gasteiger partial charge in [-0.05, 0) is 60.7 Å². The number of benzene rings is 3. The number of hydrogen-bond acceptors (Lipinski definition) is 9. The van der Waals surface area contributed by atoms with E-state index in [0.717, 1.165) is 12.5 Å². The molecule has 1 aliphatic heterocycles. The zero-order chi connectivity index (χ0) is 33.6. The highest BCUT2D eigenvalue weighted by Gasteiger charge is 2.37. The summed E-state index contributed by atoms with van der Waals surface area (Å²) < 4.78 is 50.0. The lowest BCUT2D eigenvalue weighted by atomic mass is 10.1. The fourth-order valence-corrected chi connectivity index (χ4v) is 5.03. The van der Waals surface area contributed by atoms with Crippen molar-refractivity contribution in [2.45, 2.75) is 25.9 Å². The van der Waals surface area contributed by atoms with E-state index in [2.05, 4.69) is 5.32 Å². The quantitative estimate of drug-likeness (QED) is 0.0709. The van der Waals surface area contributed by atoms with Gasteiger partial charge in [-0.3, -0.25) is 29.4 Å². The van der Waals surface area contributed by atoms with Crippen molar-refractivity contribution in [2.24, 2.45) is 0 Å². The van der Waals surface area contributed by atoms with Crippen LogP contribution < -0.4 is 10.1 Å². The minimum atomic E-state index is -4.82. The molecule has 0 spiro atoms. The Kier molecular flexibility index (Phi) is 10.7. The molecule has 16 heteroatoms. The third-order valence-corrected chi connectivity index (χ3v) is 7.52. The second kappa shape index (κ2) is 14.5. The van der Waals surface area contributed by atoms with Gasteiger partial charge in [0, 0.05) is 17.3 Å². The van der Waals surface area contributed by atoms with Crippen molar-refractivity contribution in [3.8, 4) is 11.5 Å². The number of imide groups is 1. The average molecular weight is 678 g/mol. The molecule has 0 bridgehead atoms. The minimum absolute atomic E-state index is 0.0205. The average Bonchev–Trinajstić information content (AvgIpc) is 3.25. The van der Waals surface area contributed by atoms with Gasteiger partial charge in [0.25, 0.3) is 11.1 Å². The van der Waals surface area contributed by atoms with Gasteiger partial charge in [0.15, 0.2) is 0 Å². The van der Waals surface area contributed by atoms with Gasteiger partial charge in [-0.2, -0.15) is 13.2 Å². The number of alkyl halides is 3. The van der Waals surface area contributed by atoms with Crippen molar-refractivity contribution in [3.63, 3.8) is 0 Å². The number of nitrogens with zero attached hydrogens (tertiary/aromatic N) is 2. The van der Waals surface area contributed by atoms with E-state index in [-0.39, 0.29) is 39.1 Å². The Hall–Kier alpha value is -4.89. The Bertz CT molecular complexity index is 1750.